The van der Waals surface area contributed by atoms with E-state index in [-0.39, 0.29) is 5.91 Å². The Kier molecular flexibility index (Phi) is 5.51. The van der Waals surface area contributed by atoms with E-state index in [1.807, 2.05) is 22.4 Å². The highest BCUT2D eigenvalue weighted by molar-refractivity contribution is 7.09. The molecule has 6 heteroatoms. The van der Waals surface area contributed by atoms with E-state index >= 15 is 0 Å². The minimum atomic E-state index is 0.181. The summed E-state index contributed by atoms with van der Waals surface area (Å²) in [5.41, 5.74) is 0.834. The zero-order valence-corrected chi connectivity index (χ0v) is 14.4. The fourth-order valence-electron chi connectivity index (χ4n) is 2.58. The number of thiazole rings is 1. The van der Waals surface area contributed by atoms with Gasteiger partial charge in [-0.15, -0.1) is 11.3 Å². The standard InChI is InChI=1S/C17H19ClN2O2S/c18-13-4-6-15(7-5-13)22-11-16-19-14(12-23-16)10-17(21)20-8-2-1-3-9-20/h4-7,12H,1-3,8-11H2. The highest BCUT2D eigenvalue weighted by Crippen LogP contribution is 2.19. The van der Waals surface area contributed by atoms with Crippen molar-refractivity contribution in [3.8, 4) is 5.75 Å². The number of carbonyl (C=O) groups excluding carboxylic acids is 1. The number of nitrogens with zero attached hydrogens (tertiary/aromatic N) is 2. The van der Waals surface area contributed by atoms with Gasteiger partial charge in [0.05, 0.1) is 12.1 Å². The number of carbonyl (C=O) groups is 1. The Bertz CT molecular complexity index is 651. The lowest BCUT2D eigenvalue weighted by molar-refractivity contribution is -0.131. The monoisotopic (exact) mass is 350 g/mol. The predicted molar refractivity (Wildman–Crippen MR) is 92.0 cm³/mol. The van der Waals surface area contributed by atoms with Crippen LogP contribution in [0.5, 0.6) is 5.75 Å². The fraction of sp³-hybridized carbons (Fsp3) is 0.412. The van der Waals surface area contributed by atoms with Crippen molar-refractivity contribution >= 4 is 28.8 Å². The van der Waals surface area contributed by atoms with E-state index in [2.05, 4.69) is 4.98 Å². The van der Waals surface area contributed by atoms with Gasteiger partial charge in [-0.1, -0.05) is 11.6 Å². The maximum atomic E-state index is 12.2. The molecule has 0 bridgehead atoms. The molecular formula is C17H19ClN2O2S. The van der Waals surface area contributed by atoms with E-state index < -0.39 is 0 Å². The van der Waals surface area contributed by atoms with Gasteiger partial charge < -0.3 is 9.64 Å². The van der Waals surface area contributed by atoms with E-state index in [9.17, 15) is 4.79 Å². The topological polar surface area (TPSA) is 42.4 Å². The van der Waals surface area contributed by atoms with Crippen LogP contribution in [-0.2, 0) is 17.8 Å². The van der Waals surface area contributed by atoms with Crippen LogP contribution in [0.3, 0.4) is 0 Å². The number of rotatable bonds is 5. The first-order chi connectivity index (χ1) is 11.2. The Hall–Kier alpha value is -1.59. The highest BCUT2D eigenvalue weighted by Gasteiger charge is 2.17. The Labute approximate surface area is 145 Å². The van der Waals surface area contributed by atoms with Crippen LogP contribution >= 0.6 is 22.9 Å². The molecule has 1 fully saturated rings. The number of halogens is 1. The summed E-state index contributed by atoms with van der Waals surface area (Å²) in [5.74, 6) is 0.940. The van der Waals surface area contributed by atoms with Crippen molar-refractivity contribution in [3.63, 3.8) is 0 Å². The lowest BCUT2D eigenvalue weighted by Crippen LogP contribution is -2.36. The number of amides is 1. The van der Waals surface area contributed by atoms with E-state index in [4.69, 9.17) is 16.3 Å². The average molecular weight is 351 g/mol. The van der Waals surface area contributed by atoms with Gasteiger partial charge in [-0.25, -0.2) is 4.98 Å². The van der Waals surface area contributed by atoms with Gasteiger partial charge in [-0.05, 0) is 43.5 Å². The summed E-state index contributed by atoms with van der Waals surface area (Å²) in [6.07, 6.45) is 3.84. The van der Waals surface area contributed by atoms with Gasteiger partial charge in [-0.2, -0.15) is 0 Å². The molecule has 122 valence electrons. The first-order valence-corrected chi connectivity index (χ1v) is 9.06. The molecule has 3 rings (SSSR count). The number of ether oxygens (including phenoxy) is 1. The van der Waals surface area contributed by atoms with Crippen LogP contribution in [0.25, 0.3) is 0 Å². The van der Waals surface area contributed by atoms with Crippen LogP contribution in [0.15, 0.2) is 29.6 Å². The summed E-state index contributed by atoms with van der Waals surface area (Å²) >= 11 is 7.37. The fourth-order valence-corrected chi connectivity index (χ4v) is 3.41. The second-order valence-electron chi connectivity index (χ2n) is 5.59. The van der Waals surface area contributed by atoms with Crippen molar-refractivity contribution in [2.24, 2.45) is 0 Å². The van der Waals surface area contributed by atoms with Gasteiger partial charge in [0.1, 0.15) is 17.4 Å². The molecule has 1 aliphatic rings. The first-order valence-electron chi connectivity index (χ1n) is 7.80. The minimum Gasteiger partial charge on any atom is -0.486 e. The van der Waals surface area contributed by atoms with Crippen molar-refractivity contribution in [3.05, 3.63) is 45.4 Å². The Morgan fingerprint density at radius 3 is 2.70 bits per heavy atom. The lowest BCUT2D eigenvalue weighted by Gasteiger charge is -2.26. The van der Waals surface area contributed by atoms with Crippen LogP contribution in [0.1, 0.15) is 30.0 Å². The number of likely N-dealkylation sites (tertiary alicyclic amines) is 1. The number of benzene rings is 1. The van der Waals surface area contributed by atoms with Gasteiger partial charge >= 0.3 is 0 Å². The summed E-state index contributed by atoms with van der Waals surface area (Å²) < 4.78 is 5.68. The summed E-state index contributed by atoms with van der Waals surface area (Å²) in [7, 11) is 0. The molecule has 4 nitrogen and oxygen atoms in total. The maximum Gasteiger partial charge on any atom is 0.228 e. The molecule has 0 N–H and O–H groups in total. The number of hydrogen-bond acceptors (Lipinski definition) is 4. The second-order valence-corrected chi connectivity index (χ2v) is 6.97. The minimum absolute atomic E-state index is 0.181. The van der Waals surface area contributed by atoms with Gasteiger partial charge in [-0.3, -0.25) is 4.79 Å². The molecule has 0 atom stereocenters. The third-order valence-corrected chi connectivity index (χ3v) is 4.94. The number of piperidine rings is 1. The van der Waals surface area contributed by atoms with Crippen LogP contribution in [0.4, 0.5) is 0 Å². The molecule has 1 aromatic heterocycles. The Morgan fingerprint density at radius 2 is 1.96 bits per heavy atom. The molecule has 23 heavy (non-hydrogen) atoms. The summed E-state index contributed by atoms with van der Waals surface area (Å²) in [6, 6.07) is 7.25. The third kappa shape index (κ3) is 4.69. The molecule has 0 spiro atoms. The molecule has 0 saturated carbocycles. The van der Waals surface area contributed by atoms with Gasteiger partial charge in [0.2, 0.25) is 5.91 Å². The highest BCUT2D eigenvalue weighted by atomic mass is 35.5. The number of aromatic nitrogens is 1. The van der Waals surface area contributed by atoms with Crippen LogP contribution in [-0.4, -0.2) is 28.9 Å². The molecule has 0 radical (unpaired) electrons. The van der Waals surface area contributed by atoms with Crippen LogP contribution in [0, 0.1) is 0 Å². The summed E-state index contributed by atoms with van der Waals surface area (Å²) in [5, 5.41) is 3.51. The Morgan fingerprint density at radius 1 is 1.22 bits per heavy atom. The first kappa shape index (κ1) is 16.3. The average Bonchev–Trinajstić information content (AvgIpc) is 3.02. The molecule has 1 aliphatic heterocycles. The molecule has 1 amide bonds. The zero-order chi connectivity index (χ0) is 16.1. The quantitative estimate of drug-likeness (QED) is 0.820. The van der Waals surface area contributed by atoms with E-state index in [0.717, 1.165) is 42.4 Å². The van der Waals surface area contributed by atoms with E-state index in [0.29, 0.717) is 18.1 Å². The van der Waals surface area contributed by atoms with Crippen molar-refractivity contribution in [1.29, 1.82) is 0 Å². The van der Waals surface area contributed by atoms with Crippen molar-refractivity contribution in [1.82, 2.24) is 9.88 Å². The molecule has 2 aromatic rings. The van der Waals surface area contributed by atoms with E-state index in [1.165, 1.54) is 17.8 Å². The molecule has 0 unspecified atom stereocenters. The summed E-state index contributed by atoms with van der Waals surface area (Å²) in [6.45, 7) is 2.18. The van der Waals surface area contributed by atoms with Gasteiger partial charge in [0, 0.05) is 23.5 Å². The predicted octanol–water partition coefficient (Wildman–Crippen LogP) is 3.93. The molecule has 1 aromatic carbocycles. The van der Waals surface area contributed by atoms with Crippen molar-refractivity contribution in [2.75, 3.05) is 13.1 Å². The van der Waals surface area contributed by atoms with Crippen molar-refractivity contribution in [2.45, 2.75) is 32.3 Å². The van der Waals surface area contributed by atoms with Crippen LogP contribution in [0.2, 0.25) is 5.02 Å². The molecule has 2 heterocycles. The van der Waals surface area contributed by atoms with Gasteiger partial charge in [0.15, 0.2) is 0 Å². The number of hydrogen-bond donors (Lipinski definition) is 0. The molecule has 0 aliphatic carbocycles. The SMILES string of the molecule is O=C(Cc1csc(COc2ccc(Cl)cc2)n1)N1CCCCC1. The zero-order valence-electron chi connectivity index (χ0n) is 12.8. The largest absolute Gasteiger partial charge is 0.486 e. The van der Waals surface area contributed by atoms with Crippen molar-refractivity contribution < 1.29 is 9.53 Å². The summed E-state index contributed by atoms with van der Waals surface area (Å²) in [4.78, 5) is 18.7. The van der Waals surface area contributed by atoms with Crippen LogP contribution < -0.4 is 4.74 Å². The van der Waals surface area contributed by atoms with E-state index in [1.54, 1.807) is 12.1 Å². The second kappa shape index (κ2) is 7.79. The Balaban J connectivity index is 1.51. The molecular weight excluding hydrogens is 332 g/mol. The smallest absolute Gasteiger partial charge is 0.228 e. The lowest BCUT2D eigenvalue weighted by atomic mass is 10.1. The van der Waals surface area contributed by atoms with Gasteiger partial charge in [0.25, 0.3) is 0 Å². The normalized spacial score (nSPS) is 14.7. The maximum absolute atomic E-state index is 12.2. The third-order valence-electron chi connectivity index (χ3n) is 3.82. The molecule has 1 saturated heterocycles.